The van der Waals surface area contributed by atoms with Gasteiger partial charge >= 0.3 is 0 Å². The number of hydrogen-bond donors (Lipinski definition) is 3. The van der Waals surface area contributed by atoms with Gasteiger partial charge in [-0.1, -0.05) is 36.4 Å². The van der Waals surface area contributed by atoms with Crippen molar-refractivity contribution in [1.29, 1.82) is 0 Å². The number of sulfonamides is 1. The lowest BCUT2D eigenvalue weighted by molar-refractivity contribution is -0.121. The molecule has 0 aliphatic heterocycles. The molecule has 9 heteroatoms. The largest absolute Gasteiger partial charge is 0.288 e. The number of nitrogens with zero attached hydrogens (tertiary/aromatic N) is 1. The van der Waals surface area contributed by atoms with E-state index in [0.717, 1.165) is 10.9 Å². The van der Waals surface area contributed by atoms with Crippen LogP contribution in [0.1, 0.15) is 22.5 Å². The predicted octanol–water partition coefficient (Wildman–Crippen LogP) is 1.28. The summed E-state index contributed by atoms with van der Waals surface area (Å²) in [7, 11) is -3.74. The molecular weight excluding hydrogens is 380 g/mol. The van der Waals surface area contributed by atoms with Crippen LogP contribution in [0.25, 0.3) is 10.9 Å². The molecular formula is C19H18N4O4S. The lowest BCUT2D eigenvalue weighted by Crippen LogP contribution is -2.42. The summed E-state index contributed by atoms with van der Waals surface area (Å²) in [6, 6.07) is 16.7. The van der Waals surface area contributed by atoms with Crippen molar-refractivity contribution in [3.05, 3.63) is 71.9 Å². The van der Waals surface area contributed by atoms with Gasteiger partial charge in [0.2, 0.25) is 15.9 Å². The Morgan fingerprint density at radius 3 is 2.36 bits per heavy atom. The Labute approximate surface area is 161 Å². The zero-order chi connectivity index (χ0) is 20.1. The summed E-state index contributed by atoms with van der Waals surface area (Å²) in [4.78, 5) is 28.3. The van der Waals surface area contributed by atoms with Crippen LogP contribution in [0.5, 0.6) is 0 Å². The molecule has 144 valence electrons. The molecule has 0 saturated heterocycles. The zero-order valence-electron chi connectivity index (χ0n) is 14.8. The van der Waals surface area contributed by atoms with Gasteiger partial charge in [0.05, 0.1) is 10.4 Å². The zero-order valence-corrected chi connectivity index (χ0v) is 15.6. The van der Waals surface area contributed by atoms with Crippen molar-refractivity contribution < 1.29 is 18.0 Å². The smallest absolute Gasteiger partial charge is 0.273 e. The fourth-order valence-corrected chi connectivity index (χ4v) is 3.06. The number of carbonyl (C=O) groups is 2. The van der Waals surface area contributed by atoms with Crippen molar-refractivity contribution in [2.24, 2.45) is 5.14 Å². The van der Waals surface area contributed by atoms with Gasteiger partial charge < -0.3 is 0 Å². The molecule has 0 atom stereocenters. The van der Waals surface area contributed by atoms with Crippen LogP contribution in [-0.4, -0.2) is 25.2 Å². The highest BCUT2D eigenvalue weighted by molar-refractivity contribution is 7.89. The molecule has 8 nitrogen and oxygen atoms in total. The van der Waals surface area contributed by atoms with Crippen molar-refractivity contribution in [2.75, 3.05) is 0 Å². The lowest BCUT2D eigenvalue weighted by atomic mass is 10.1. The monoisotopic (exact) mass is 398 g/mol. The third-order valence-electron chi connectivity index (χ3n) is 4.04. The summed E-state index contributed by atoms with van der Waals surface area (Å²) in [5.41, 5.74) is 6.32. The Kier molecular flexibility index (Phi) is 5.67. The summed E-state index contributed by atoms with van der Waals surface area (Å²) in [5.74, 6) is -0.902. The summed E-state index contributed by atoms with van der Waals surface area (Å²) < 4.78 is 22.4. The van der Waals surface area contributed by atoms with E-state index >= 15 is 0 Å². The first kappa shape index (κ1) is 19.5. The number of carbonyl (C=O) groups excluding carboxylic acids is 2. The van der Waals surface area contributed by atoms with Gasteiger partial charge in [-0.3, -0.25) is 20.4 Å². The molecule has 0 aliphatic carbocycles. The van der Waals surface area contributed by atoms with Gasteiger partial charge in [0.15, 0.2) is 0 Å². The Morgan fingerprint density at radius 2 is 1.64 bits per heavy atom. The van der Waals surface area contributed by atoms with Gasteiger partial charge in [0.1, 0.15) is 5.69 Å². The van der Waals surface area contributed by atoms with Crippen molar-refractivity contribution in [3.8, 4) is 0 Å². The van der Waals surface area contributed by atoms with E-state index in [0.29, 0.717) is 11.9 Å². The van der Waals surface area contributed by atoms with E-state index in [9.17, 15) is 18.0 Å². The van der Waals surface area contributed by atoms with Gasteiger partial charge in [0, 0.05) is 11.8 Å². The molecule has 3 rings (SSSR count). The number of hydrazine groups is 1. The van der Waals surface area contributed by atoms with Crippen molar-refractivity contribution in [2.45, 2.75) is 17.7 Å². The molecule has 0 unspecified atom stereocenters. The van der Waals surface area contributed by atoms with Crippen molar-refractivity contribution >= 4 is 32.7 Å². The Balaban J connectivity index is 1.51. The summed E-state index contributed by atoms with van der Waals surface area (Å²) in [6.07, 6.45) is 0.487. The molecule has 0 spiro atoms. The third-order valence-corrected chi connectivity index (χ3v) is 4.97. The van der Waals surface area contributed by atoms with E-state index in [2.05, 4.69) is 15.8 Å². The number of benzene rings is 2. The van der Waals surface area contributed by atoms with Crippen molar-refractivity contribution in [3.63, 3.8) is 0 Å². The van der Waals surface area contributed by atoms with Gasteiger partial charge in [-0.05, 0) is 36.2 Å². The number of fused-ring (bicyclic) bond motifs is 1. The third kappa shape index (κ3) is 4.90. The quantitative estimate of drug-likeness (QED) is 0.557. The molecule has 0 aliphatic rings. The van der Waals surface area contributed by atoms with Crippen LogP contribution in [0.2, 0.25) is 0 Å². The number of primary sulfonamides is 1. The van der Waals surface area contributed by atoms with Gasteiger partial charge in [0.25, 0.3) is 5.91 Å². The highest BCUT2D eigenvalue weighted by atomic mass is 32.2. The molecule has 0 bridgehead atoms. The highest BCUT2D eigenvalue weighted by Gasteiger charge is 2.10. The minimum atomic E-state index is -3.74. The standard InChI is InChI=1S/C19H18N4O4S/c20-28(26,27)15-9-5-13(6-10-15)7-12-18(24)22-23-19(25)17-11-8-14-3-1-2-4-16(14)21-17/h1-6,8-11H,7,12H2,(H,22,24)(H,23,25)(H2,20,26,27). The van der Waals surface area contributed by atoms with Gasteiger partial charge in [-0.2, -0.15) is 0 Å². The van der Waals surface area contributed by atoms with Crippen molar-refractivity contribution in [1.82, 2.24) is 15.8 Å². The number of rotatable bonds is 5. The van der Waals surface area contributed by atoms with Crippen LogP contribution >= 0.6 is 0 Å². The number of pyridine rings is 1. The Hall–Kier alpha value is -3.30. The van der Waals surface area contributed by atoms with Crippen LogP contribution in [-0.2, 0) is 21.2 Å². The minimum absolute atomic E-state index is 0.0100. The van der Waals surface area contributed by atoms with E-state index < -0.39 is 15.9 Å². The average Bonchev–Trinajstić information content (AvgIpc) is 2.69. The fraction of sp³-hybridized carbons (Fsp3) is 0.105. The first-order chi connectivity index (χ1) is 13.3. The highest BCUT2D eigenvalue weighted by Crippen LogP contribution is 2.12. The van der Waals surface area contributed by atoms with Gasteiger partial charge in [-0.25, -0.2) is 18.5 Å². The maximum absolute atomic E-state index is 12.1. The molecule has 2 aromatic carbocycles. The SMILES string of the molecule is NS(=O)(=O)c1ccc(CCC(=O)NNC(=O)c2ccc3ccccc3n2)cc1. The first-order valence-corrected chi connectivity index (χ1v) is 9.94. The summed E-state index contributed by atoms with van der Waals surface area (Å²) >= 11 is 0. The molecule has 28 heavy (non-hydrogen) atoms. The molecule has 1 heterocycles. The molecule has 0 radical (unpaired) electrons. The topological polar surface area (TPSA) is 131 Å². The molecule has 0 fully saturated rings. The Morgan fingerprint density at radius 1 is 0.929 bits per heavy atom. The summed E-state index contributed by atoms with van der Waals surface area (Å²) in [6.45, 7) is 0. The average molecular weight is 398 g/mol. The number of aryl methyl sites for hydroxylation is 1. The van der Waals surface area contributed by atoms with Crippen LogP contribution in [0, 0.1) is 0 Å². The van der Waals surface area contributed by atoms with Crippen LogP contribution < -0.4 is 16.0 Å². The van der Waals surface area contributed by atoms with E-state index in [4.69, 9.17) is 5.14 Å². The second kappa shape index (κ2) is 8.15. The number of nitrogens with two attached hydrogens (primary N) is 1. The lowest BCUT2D eigenvalue weighted by Gasteiger charge is -2.08. The number of aromatic nitrogens is 1. The first-order valence-electron chi connectivity index (χ1n) is 8.40. The van der Waals surface area contributed by atoms with Crippen LogP contribution in [0.3, 0.4) is 0 Å². The minimum Gasteiger partial charge on any atom is -0.273 e. The Bertz CT molecular complexity index is 1130. The van der Waals surface area contributed by atoms with Crippen LogP contribution in [0.4, 0.5) is 0 Å². The maximum Gasteiger partial charge on any atom is 0.288 e. The number of nitrogens with one attached hydrogen (secondary N) is 2. The molecule has 0 saturated carbocycles. The molecule has 2 amide bonds. The second-order valence-electron chi connectivity index (χ2n) is 6.08. The van der Waals surface area contributed by atoms with E-state index in [1.807, 2.05) is 18.2 Å². The number of para-hydroxylation sites is 1. The van der Waals surface area contributed by atoms with Gasteiger partial charge in [-0.15, -0.1) is 0 Å². The maximum atomic E-state index is 12.1. The molecule has 3 aromatic rings. The predicted molar refractivity (Wildman–Crippen MR) is 103 cm³/mol. The fourth-order valence-electron chi connectivity index (χ4n) is 2.55. The summed E-state index contributed by atoms with van der Waals surface area (Å²) in [5, 5.41) is 5.95. The molecule has 4 N–H and O–H groups in total. The second-order valence-corrected chi connectivity index (χ2v) is 7.64. The van der Waals surface area contributed by atoms with Crippen LogP contribution in [0.15, 0.2) is 65.6 Å². The van der Waals surface area contributed by atoms with E-state index in [1.165, 1.54) is 12.1 Å². The number of hydrogen-bond acceptors (Lipinski definition) is 5. The normalized spacial score (nSPS) is 11.2. The van der Waals surface area contributed by atoms with E-state index in [1.54, 1.807) is 30.3 Å². The number of amides is 2. The van der Waals surface area contributed by atoms with E-state index in [-0.39, 0.29) is 22.9 Å². The molecule has 1 aromatic heterocycles.